The number of benzene rings is 1. The van der Waals surface area contributed by atoms with E-state index in [1.807, 2.05) is 12.3 Å². The van der Waals surface area contributed by atoms with Gasteiger partial charge in [0.05, 0.1) is 0 Å². The second-order valence-electron chi connectivity index (χ2n) is 3.95. The summed E-state index contributed by atoms with van der Waals surface area (Å²) in [4.78, 5) is 11.7. The third-order valence-corrected chi connectivity index (χ3v) is 2.48. The normalized spacial score (nSPS) is 10.3. The highest BCUT2D eigenvalue weighted by atomic mass is 19.1. The maximum absolute atomic E-state index is 12.9. The molecule has 0 saturated heterocycles. The van der Waals surface area contributed by atoms with Crippen molar-refractivity contribution >= 4 is 11.6 Å². The van der Waals surface area contributed by atoms with Crippen LogP contribution in [0, 0.1) is 5.82 Å². The summed E-state index contributed by atoms with van der Waals surface area (Å²) >= 11 is 0. The lowest BCUT2D eigenvalue weighted by Crippen LogP contribution is -2.17. The number of aromatic nitrogens is 1. The highest BCUT2D eigenvalue weighted by Gasteiger charge is 2.04. The fraction of sp³-hybridized carbons (Fsp3) is 0.154. The molecular formula is C13H14FN3O. The lowest BCUT2D eigenvalue weighted by atomic mass is 10.3. The van der Waals surface area contributed by atoms with Gasteiger partial charge in [-0.2, -0.15) is 0 Å². The fourth-order valence-electron chi connectivity index (χ4n) is 1.64. The number of carbonyl (C=O) groups is 1. The number of nitrogens with two attached hydrogens (primary N) is 1. The molecule has 0 saturated carbocycles. The minimum Gasteiger partial charge on any atom is -0.345 e. The molecule has 0 aliphatic carbocycles. The SMILES string of the molecule is NCc1ccn(CC(=O)Nc2cccc(F)c2)c1. The van der Waals surface area contributed by atoms with Gasteiger partial charge in [-0.05, 0) is 29.8 Å². The molecule has 1 aromatic carbocycles. The molecule has 5 heteroatoms. The number of nitrogens with zero attached hydrogens (tertiary/aromatic N) is 1. The van der Waals surface area contributed by atoms with E-state index in [4.69, 9.17) is 5.73 Å². The number of amides is 1. The Balaban J connectivity index is 1.96. The highest BCUT2D eigenvalue weighted by molar-refractivity contribution is 5.90. The molecule has 2 aromatic rings. The topological polar surface area (TPSA) is 60.0 Å². The standard InChI is InChI=1S/C13H14FN3O/c14-11-2-1-3-12(6-11)16-13(18)9-17-5-4-10(7-15)8-17/h1-6,8H,7,9,15H2,(H,16,18). The van der Waals surface area contributed by atoms with Gasteiger partial charge in [0, 0.05) is 24.6 Å². The van der Waals surface area contributed by atoms with Gasteiger partial charge in [-0.1, -0.05) is 6.07 Å². The van der Waals surface area contributed by atoms with Crippen molar-refractivity contribution in [2.24, 2.45) is 5.73 Å². The van der Waals surface area contributed by atoms with E-state index in [0.29, 0.717) is 12.2 Å². The fourth-order valence-corrected chi connectivity index (χ4v) is 1.64. The first-order valence-corrected chi connectivity index (χ1v) is 5.57. The molecule has 18 heavy (non-hydrogen) atoms. The Labute approximate surface area is 104 Å². The van der Waals surface area contributed by atoms with Crippen LogP contribution in [0.15, 0.2) is 42.7 Å². The molecule has 2 rings (SSSR count). The summed E-state index contributed by atoms with van der Waals surface area (Å²) in [6.07, 6.45) is 3.60. The van der Waals surface area contributed by atoms with Crippen LogP contribution in [0.5, 0.6) is 0 Å². The molecule has 1 aromatic heterocycles. The average molecular weight is 247 g/mol. The number of hydrogen-bond acceptors (Lipinski definition) is 2. The molecule has 4 nitrogen and oxygen atoms in total. The van der Waals surface area contributed by atoms with Crippen molar-refractivity contribution in [2.75, 3.05) is 5.32 Å². The van der Waals surface area contributed by atoms with Gasteiger partial charge in [0.1, 0.15) is 12.4 Å². The number of anilines is 1. The third-order valence-electron chi connectivity index (χ3n) is 2.48. The Morgan fingerprint density at radius 2 is 2.22 bits per heavy atom. The first kappa shape index (κ1) is 12.3. The van der Waals surface area contributed by atoms with Crippen LogP contribution in [-0.2, 0) is 17.9 Å². The summed E-state index contributed by atoms with van der Waals surface area (Å²) in [5.41, 5.74) is 6.90. The maximum Gasteiger partial charge on any atom is 0.244 e. The smallest absolute Gasteiger partial charge is 0.244 e. The maximum atomic E-state index is 12.9. The van der Waals surface area contributed by atoms with Crippen LogP contribution < -0.4 is 11.1 Å². The molecule has 3 N–H and O–H groups in total. The van der Waals surface area contributed by atoms with Gasteiger partial charge in [0.25, 0.3) is 0 Å². The summed E-state index contributed by atoms with van der Waals surface area (Å²) in [5.74, 6) is -0.584. The van der Waals surface area contributed by atoms with Crippen molar-refractivity contribution < 1.29 is 9.18 Å². The molecule has 0 bridgehead atoms. The van der Waals surface area contributed by atoms with Crippen molar-refractivity contribution in [1.29, 1.82) is 0 Å². The van der Waals surface area contributed by atoms with Gasteiger partial charge in [0.2, 0.25) is 5.91 Å². The van der Waals surface area contributed by atoms with E-state index >= 15 is 0 Å². The summed E-state index contributed by atoms with van der Waals surface area (Å²) < 4.78 is 14.7. The van der Waals surface area contributed by atoms with E-state index in [-0.39, 0.29) is 18.3 Å². The molecule has 0 aliphatic heterocycles. The number of halogens is 1. The Hall–Kier alpha value is -2.14. The van der Waals surface area contributed by atoms with Crippen LogP contribution in [-0.4, -0.2) is 10.5 Å². The summed E-state index contributed by atoms with van der Waals surface area (Å²) in [5, 5.41) is 2.63. The van der Waals surface area contributed by atoms with E-state index in [9.17, 15) is 9.18 Å². The molecule has 0 radical (unpaired) electrons. The molecule has 0 unspecified atom stereocenters. The zero-order chi connectivity index (χ0) is 13.0. The van der Waals surface area contributed by atoms with Crippen LogP contribution in [0.25, 0.3) is 0 Å². The van der Waals surface area contributed by atoms with Gasteiger partial charge in [0.15, 0.2) is 0 Å². The first-order chi connectivity index (χ1) is 8.67. The van der Waals surface area contributed by atoms with E-state index < -0.39 is 0 Å². The van der Waals surface area contributed by atoms with Gasteiger partial charge in [-0.25, -0.2) is 4.39 Å². The van der Waals surface area contributed by atoms with Crippen molar-refractivity contribution in [3.63, 3.8) is 0 Å². The van der Waals surface area contributed by atoms with E-state index in [2.05, 4.69) is 5.32 Å². The number of carbonyl (C=O) groups excluding carboxylic acids is 1. The Kier molecular flexibility index (Phi) is 3.74. The lowest BCUT2D eigenvalue weighted by Gasteiger charge is -2.06. The molecule has 0 aliphatic rings. The van der Waals surface area contributed by atoms with Crippen LogP contribution in [0.4, 0.5) is 10.1 Å². The van der Waals surface area contributed by atoms with Crippen LogP contribution in [0.1, 0.15) is 5.56 Å². The third kappa shape index (κ3) is 3.18. The van der Waals surface area contributed by atoms with Gasteiger partial charge < -0.3 is 15.6 Å². The van der Waals surface area contributed by atoms with Crippen molar-refractivity contribution in [1.82, 2.24) is 4.57 Å². The van der Waals surface area contributed by atoms with Crippen LogP contribution in [0.2, 0.25) is 0 Å². The number of rotatable bonds is 4. The number of hydrogen-bond donors (Lipinski definition) is 2. The predicted octanol–water partition coefficient (Wildman–Crippen LogP) is 1.72. The van der Waals surface area contributed by atoms with Crippen molar-refractivity contribution in [3.8, 4) is 0 Å². The van der Waals surface area contributed by atoms with E-state index in [1.54, 1.807) is 22.9 Å². The molecule has 0 spiro atoms. The lowest BCUT2D eigenvalue weighted by molar-refractivity contribution is -0.116. The minimum atomic E-state index is -0.376. The van der Waals surface area contributed by atoms with Crippen LogP contribution in [0.3, 0.4) is 0 Å². The molecule has 1 heterocycles. The monoisotopic (exact) mass is 247 g/mol. The molecular weight excluding hydrogens is 233 g/mol. The van der Waals surface area contributed by atoms with Crippen molar-refractivity contribution in [3.05, 3.63) is 54.1 Å². The highest BCUT2D eigenvalue weighted by Crippen LogP contribution is 2.09. The summed E-state index contributed by atoms with van der Waals surface area (Å²) in [6, 6.07) is 7.65. The van der Waals surface area contributed by atoms with Gasteiger partial charge in [-0.15, -0.1) is 0 Å². The van der Waals surface area contributed by atoms with Gasteiger partial charge in [-0.3, -0.25) is 4.79 Å². The zero-order valence-corrected chi connectivity index (χ0v) is 9.77. The van der Waals surface area contributed by atoms with Crippen LogP contribution >= 0.6 is 0 Å². The Morgan fingerprint density at radius 3 is 2.89 bits per heavy atom. The predicted molar refractivity (Wildman–Crippen MR) is 67.4 cm³/mol. The van der Waals surface area contributed by atoms with Gasteiger partial charge >= 0.3 is 0 Å². The largest absolute Gasteiger partial charge is 0.345 e. The zero-order valence-electron chi connectivity index (χ0n) is 9.77. The molecule has 0 fully saturated rings. The minimum absolute atomic E-state index is 0.177. The average Bonchev–Trinajstić information content (AvgIpc) is 2.76. The Bertz CT molecular complexity index is 551. The second-order valence-corrected chi connectivity index (χ2v) is 3.95. The second kappa shape index (κ2) is 5.46. The summed E-state index contributed by atoms with van der Waals surface area (Å²) in [6.45, 7) is 0.620. The van der Waals surface area contributed by atoms with E-state index in [1.165, 1.54) is 12.1 Å². The molecule has 94 valence electrons. The van der Waals surface area contributed by atoms with E-state index in [0.717, 1.165) is 5.56 Å². The summed E-state index contributed by atoms with van der Waals surface area (Å²) in [7, 11) is 0. The molecule has 1 amide bonds. The van der Waals surface area contributed by atoms with Crippen molar-refractivity contribution in [2.45, 2.75) is 13.1 Å². The first-order valence-electron chi connectivity index (χ1n) is 5.57. The number of nitrogens with one attached hydrogen (secondary N) is 1. The quantitative estimate of drug-likeness (QED) is 0.864. The molecule has 0 atom stereocenters. The Morgan fingerprint density at radius 1 is 1.39 bits per heavy atom.